The van der Waals surface area contributed by atoms with Gasteiger partial charge in [0.1, 0.15) is 4.90 Å². The van der Waals surface area contributed by atoms with E-state index in [0.29, 0.717) is 10.2 Å². The predicted octanol–water partition coefficient (Wildman–Crippen LogP) is 1.18. The summed E-state index contributed by atoms with van der Waals surface area (Å²) in [7, 11) is 3.50. The second-order valence-electron chi connectivity index (χ2n) is 4.69. The summed E-state index contributed by atoms with van der Waals surface area (Å²) in [6, 6.07) is 2.86. The molecule has 0 radical (unpaired) electrons. The standard InChI is InChI=1S/C13H19BrN2O5S/c1-15(2)13(17)8-16(3)22(18,19)12-7-11(21-5)10(20-4)6-9(12)14/h6-7H,8H2,1-5H3. The number of likely N-dealkylation sites (N-methyl/N-ethyl adjacent to an activating group) is 2. The summed E-state index contributed by atoms with van der Waals surface area (Å²) in [5, 5.41) is 0. The van der Waals surface area contributed by atoms with Crippen molar-refractivity contribution in [2.75, 3.05) is 41.9 Å². The van der Waals surface area contributed by atoms with Crippen LogP contribution in [0.25, 0.3) is 0 Å². The van der Waals surface area contributed by atoms with Crippen LogP contribution in [0.2, 0.25) is 0 Å². The zero-order chi connectivity index (χ0) is 17.1. The molecular formula is C13H19BrN2O5S. The van der Waals surface area contributed by atoms with Crippen molar-refractivity contribution >= 4 is 31.9 Å². The summed E-state index contributed by atoms with van der Waals surface area (Å²) < 4.78 is 36.8. The Balaban J connectivity index is 3.25. The van der Waals surface area contributed by atoms with Gasteiger partial charge in [0.25, 0.3) is 0 Å². The molecule has 22 heavy (non-hydrogen) atoms. The van der Waals surface area contributed by atoms with E-state index in [4.69, 9.17) is 9.47 Å². The van der Waals surface area contributed by atoms with E-state index in [1.165, 1.54) is 38.3 Å². The van der Waals surface area contributed by atoms with Gasteiger partial charge in [-0.15, -0.1) is 0 Å². The Morgan fingerprint density at radius 1 is 1.14 bits per heavy atom. The van der Waals surface area contributed by atoms with Crippen molar-refractivity contribution < 1.29 is 22.7 Å². The monoisotopic (exact) mass is 394 g/mol. The molecule has 0 bridgehead atoms. The second kappa shape index (κ2) is 7.30. The molecule has 0 aliphatic heterocycles. The minimum atomic E-state index is -3.85. The second-order valence-corrected chi connectivity index (χ2v) is 7.55. The molecule has 1 amide bonds. The Kier molecular flexibility index (Phi) is 6.21. The van der Waals surface area contributed by atoms with Gasteiger partial charge < -0.3 is 14.4 Å². The number of rotatable bonds is 6. The number of hydrogen-bond donors (Lipinski definition) is 0. The molecular weight excluding hydrogens is 376 g/mol. The van der Waals surface area contributed by atoms with Gasteiger partial charge in [-0.25, -0.2) is 8.42 Å². The number of carbonyl (C=O) groups excluding carboxylic acids is 1. The molecule has 9 heteroatoms. The molecule has 0 aromatic heterocycles. The van der Waals surface area contributed by atoms with Crippen LogP contribution in [0.4, 0.5) is 0 Å². The van der Waals surface area contributed by atoms with Crippen molar-refractivity contribution in [3.05, 3.63) is 16.6 Å². The van der Waals surface area contributed by atoms with Gasteiger partial charge in [-0.05, 0) is 22.0 Å². The van der Waals surface area contributed by atoms with Gasteiger partial charge >= 0.3 is 0 Å². The first-order valence-electron chi connectivity index (χ1n) is 6.23. The van der Waals surface area contributed by atoms with Crippen molar-refractivity contribution in [3.63, 3.8) is 0 Å². The van der Waals surface area contributed by atoms with Crippen molar-refractivity contribution in [3.8, 4) is 11.5 Å². The molecule has 124 valence electrons. The Labute approximate surface area is 139 Å². The molecule has 0 spiro atoms. The van der Waals surface area contributed by atoms with E-state index in [9.17, 15) is 13.2 Å². The molecule has 1 rings (SSSR count). The first-order valence-corrected chi connectivity index (χ1v) is 8.46. The van der Waals surface area contributed by atoms with Crippen LogP contribution in [0.1, 0.15) is 0 Å². The van der Waals surface area contributed by atoms with Crippen LogP contribution in [-0.2, 0) is 14.8 Å². The Bertz CT molecular complexity index is 661. The topological polar surface area (TPSA) is 76.2 Å². The number of nitrogens with zero attached hydrogens (tertiary/aromatic N) is 2. The fourth-order valence-electron chi connectivity index (χ4n) is 1.62. The average Bonchev–Trinajstić information content (AvgIpc) is 2.46. The van der Waals surface area contributed by atoms with E-state index in [1.54, 1.807) is 14.1 Å². The maximum atomic E-state index is 12.6. The number of benzene rings is 1. The number of halogens is 1. The van der Waals surface area contributed by atoms with Gasteiger partial charge in [-0.3, -0.25) is 4.79 Å². The van der Waals surface area contributed by atoms with E-state index in [0.717, 1.165) is 4.31 Å². The maximum Gasteiger partial charge on any atom is 0.244 e. The summed E-state index contributed by atoms with van der Waals surface area (Å²) in [6.07, 6.45) is 0. The number of sulfonamides is 1. The highest BCUT2D eigenvalue weighted by Gasteiger charge is 2.27. The van der Waals surface area contributed by atoms with Gasteiger partial charge in [0.15, 0.2) is 11.5 Å². The number of hydrogen-bond acceptors (Lipinski definition) is 5. The fraction of sp³-hybridized carbons (Fsp3) is 0.462. The number of carbonyl (C=O) groups is 1. The minimum Gasteiger partial charge on any atom is -0.493 e. The normalized spacial score (nSPS) is 11.4. The third-order valence-corrected chi connectivity index (χ3v) is 5.74. The van der Waals surface area contributed by atoms with Crippen LogP contribution < -0.4 is 9.47 Å². The van der Waals surface area contributed by atoms with Crippen LogP contribution in [0.15, 0.2) is 21.5 Å². The van der Waals surface area contributed by atoms with E-state index in [2.05, 4.69) is 15.9 Å². The summed E-state index contributed by atoms with van der Waals surface area (Å²) in [5.41, 5.74) is 0. The van der Waals surface area contributed by atoms with Gasteiger partial charge in [0.2, 0.25) is 15.9 Å². The first kappa shape index (κ1) is 18.7. The first-order chi connectivity index (χ1) is 10.1. The van der Waals surface area contributed by atoms with Crippen molar-refractivity contribution in [2.45, 2.75) is 4.90 Å². The van der Waals surface area contributed by atoms with Gasteiger partial charge in [0, 0.05) is 31.7 Å². The lowest BCUT2D eigenvalue weighted by Crippen LogP contribution is -2.37. The SMILES string of the molecule is COc1cc(Br)c(S(=O)(=O)N(C)CC(=O)N(C)C)cc1OC. The molecule has 0 saturated heterocycles. The Morgan fingerprint density at radius 3 is 2.09 bits per heavy atom. The average molecular weight is 395 g/mol. The molecule has 1 aromatic carbocycles. The molecule has 0 aliphatic carbocycles. The van der Waals surface area contributed by atoms with Gasteiger partial charge in [-0.1, -0.05) is 0 Å². The molecule has 7 nitrogen and oxygen atoms in total. The third kappa shape index (κ3) is 3.90. The van der Waals surface area contributed by atoms with Gasteiger partial charge in [-0.2, -0.15) is 4.31 Å². The fourth-order valence-corrected chi connectivity index (χ4v) is 3.73. The molecule has 0 unspecified atom stereocenters. The zero-order valence-corrected chi connectivity index (χ0v) is 15.5. The van der Waals surface area contributed by atoms with Crippen molar-refractivity contribution in [1.29, 1.82) is 0 Å². The molecule has 0 aliphatic rings. The highest BCUT2D eigenvalue weighted by Crippen LogP contribution is 2.36. The summed E-state index contributed by atoms with van der Waals surface area (Å²) >= 11 is 3.21. The van der Waals surface area contributed by atoms with Crippen LogP contribution in [0.3, 0.4) is 0 Å². The van der Waals surface area contributed by atoms with Crippen LogP contribution >= 0.6 is 15.9 Å². The number of ether oxygens (including phenoxy) is 2. The van der Waals surface area contributed by atoms with Crippen molar-refractivity contribution in [1.82, 2.24) is 9.21 Å². The highest BCUT2D eigenvalue weighted by atomic mass is 79.9. The van der Waals surface area contributed by atoms with Crippen LogP contribution in [-0.4, -0.2) is 65.4 Å². The smallest absolute Gasteiger partial charge is 0.244 e. The summed E-state index contributed by atoms with van der Waals surface area (Å²) in [4.78, 5) is 13.0. The predicted molar refractivity (Wildman–Crippen MR) is 85.8 cm³/mol. The third-order valence-electron chi connectivity index (χ3n) is 2.98. The van der Waals surface area contributed by atoms with E-state index in [1.807, 2.05) is 0 Å². The summed E-state index contributed by atoms with van der Waals surface area (Å²) in [6.45, 7) is -0.254. The van der Waals surface area contributed by atoms with Crippen LogP contribution in [0.5, 0.6) is 11.5 Å². The van der Waals surface area contributed by atoms with E-state index < -0.39 is 10.0 Å². The largest absolute Gasteiger partial charge is 0.493 e. The quantitative estimate of drug-likeness (QED) is 0.723. The number of methoxy groups -OCH3 is 2. The van der Waals surface area contributed by atoms with E-state index >= 15 is 0 Å². The molecule has 0 fully saturated rings. The van der Waals surface area contributed by atoms with Crippen LogP contribution in [0, 0.1) is 0 Å². The molecule has 1 aromatic rings. The Hall–Kier alpha value is -1.32. The molecule has 0 atom stereocenters. The van der Waals surface area contributed by atoms with Gasteiger partial charge in [0.05, 0.1) is 20.8 Å². The molecule has 0 saturated carbocycles. The maximum absolute atomic E-state index is 12.6. The number of amides is 1. The lowest BCUT2D eigenvalue weighted by atomic mass is 10.3. The highest BCUT2D eigenvalue weighted by molar-refractivity contribution is 9.10. The lowest BCUT2D eigenvalue weighted by molar-refractivity contribution is -0.128. The zero-order valence-electron chi connectivity index (χ0n) is 13.1. The minimum absolute atomic E-state index is 0.000735. The molecule has 0 heterocycles. The Morgan fingerprint density at radius 2 is 1.64 bits per heavy atom. The lowest BCUT2D eigenvalue weighted by Gasteiger charge is -2.20. The van der Waals surface area contributed by atoms with E-state index in [-0.39, 0.29) is 23.1 Å². The molecule has 0 N–H and O–H groups in total. The van der Waals surface area contributed by atoms with Crippen molar-refractivity contribution in [2.24, 2.45) is 0 Å². The summed E-state index contributed by atoms with van der Waals surface area (Å²) in [5.74, 6) is 0.375.